The quantitative estimate of drug-likeness (QED) is 0.537. The molecule has 0 unspecified atom stereocenters. The number of hydrogen-bond donors (Lipinski definition) is 0. The Morgan fingerprint density at radius 1 is 1.03 bits per heavy atom. The fourth-order valence-corrected chi connectivity index (χ4v) is 5.63. The van der Waals surface area contributed by atoms with Gasteiger partial charge < -0.3 is 9.64 Å². The highest BCUT2D eigenvalue weighted by atomic mass is 32.2. The summed E-state index contributed by atoms with van der Waals surface area (Å²) < 4.78 is 33.5. The van der Waals surface area contributed by atoms with Gasteiger partial charge in [0.25, 0.3) is 15.7 Å². The van der Waals surface area contributed by atoms with E-state index in [-0.39, 0.29) is 18.9 Å². The van der Waals surface area contributed by atoms with E-state index in [1.165, 1.54) is 18.2 Å². The fourth-order valence-electron chi connectivity index (χ4n) is 3.91. The lowest BCUT2D eigenvalue weighted by Gasteiger charge is -2.38. The first kappa shape index (κ1) is 20.5. The average Bonchev–Trinajstić information content (AvgIpc) is 2.78. The highest BCUT2D eigenvalue weighted by Gasteiger charge is 2.43. The van der Waals surface area contributed by atoms with Crippen LogP contribution in [0, 0.1) is 10.1 Å². The van der Waals surface area contributed by atoms with Crippen LogP contribution >= 0.6 is 0 Å². The molecule has 0 radical (unpaired) electrons. The zero-order valence-electron chi connectivity index (χ0n) is 16.1. The standard InChI is InChI=1S/C20H21N3O6S/c24-20(21-9-11-29-12-10-21)18-13-15-5-1-2-6-16(15)14-22(18)30(27,28)19-8-4-3-7-17(19)23(25)26/h1-8,18H,9-14H2/t18-/m0/s1. The van der Waals surface area contributed by atoms with Crippen LogP contribution in [0.2, 0.25) is 0 Å². The van der Waals surface area contributed by atoms with Gasteiger partial charge in [-0.2, -0.15) is 4.31 Å². The smallest absolute Gasteiger partial charge is 0.289 e. The van der Waals surface area contributed by atoms with Crippen LogP contribution in [0.4, 0.5) is 5.69 Å². The maximum Gasteiger partial charge on any atom is 0.289 e. The van der Waals surface area contributed by atoms with Crippen molar-refractivity contribution in [3.8, 4) is 0 Å². The lowest BCUT2D eigenvalue weighted by molar-refractivity contribution is -0.387. The molecule has 0 spiro atoms. The number of sulfonamides is 1. The Kier molecular flexibility index (Phi) is 5.54. The summed E-state index contributed by atoms with van der Waals surface area (Å²) in [5.74, 6) is -0.310. The van der Waals surface area contributed by atoms with E-state index in [1.807, 2.05) is 18.2 Å². The third-order valence-electron chi connectivity index (χ3n) is 5.46. The van der Waals surface area contributed by atoms with Gasteiger partial charge in [0.05, 0.1) is 18.1 Å². The van der Waals surface area contributed by atoms with Gasteiger partial charge in [0.15, 0.2) is 4.90 Å². The van der Waals surface area contributed by atoms with Crippen LogP contribution in [-0.4, -0.2) is 60.8 Å². The molecule has 2 aliphatic heterocycles. The number of carbonyl (C=O) groups excluding carboxylic acids is 1. The molecule has 10 heteroatoms. The number of morpholine rings is 1. The van der Waals surface area contributed by atoms with Crippen LogP contribution in [0.5, 0.6) is 0 Å². The number of ether oxygens (including phenoxy) is 1. The Hall–Kier alpha value is -2.82. The maximum atomic E-state index is 13.5. The highest BCUT2D eigenvalue weighted by molar-refractivity contribution is 7.89. The van der Waals surface area contributed by atoms with Crippen molar-refractivity contribution in [2.75, 3.05) is 26.3 Å². The number of benzene rings is 2. The van der Waals surface area contributed by atoms with Crippen LogP contribution < -0.4 is 0 Å². The van der Waals surface area contributed by atoms with Gasteiger partial charge in [-0.3, -0.25) is 14.9 Å². The minimum absolute atomic E-state index is 0.0225. The number of nitro groups is 1. The second kappa shape index (κ2) is 8.13. The fraction of sp³-hybridized carbons (Fsp3) is 0.350. The maximum absolute atomic E-state index is 13.5. The van der Waals surface area contributed by atoms with Crippen molar-refractivity contribution < 1.29 is 22.9 Å². The van der Waals surface area contributed by atoms with Crippen molar-refractivity contribution in [2.24, 2.45) is 0 Å². The Labute approximate surface area is 174 Å². The number of hydrogen-bond acceptors (Lipinski definition) is 6. The topological polar surface area (TPSA) is 110 Å². The van der Waals surface area contributed by atoms with Gasteiger partial charge in [0.2, 0.25) is 5.91 Å². The summed E-state index contributed by atoms with van der Waals surface area (Å²) in [5, 5.41) is 11.4. The molecule has 4 rings (SSSR count). The number of nitro benzene ring substituents is 1. The zero-order valence-corrected chi connectivity index (χ0v) is 17.0. The van der Waals surface area contributed by atoms with Crippen LogP contribution in [0.25, 0.3) is 0 Å². The monoisotopic (exact) mass is 431 g/mol. The van der Waals surface area contributed by atoms with Gasteiger partial charge in [-0.1, -0.05) is 36.4 Å². The average molecular weight is 431 g/mol. The van der Waals surface area contributed by atoms with Crippen molar-refractivity contribution in [1.82, 2.24) is 9.21 Å². The lowest BCUT2D eigenvalue weighted by Crippen LogP contribution is -2.55. The minimum Gasteiger partial charge on any atom is -0.378 e. The molecule has 9 nitrogen and oxygen atoms in total. The third kappa shape index (κ3) is 3.69. The first-order valence-electron chi connectivity index (χ1n) is 9.58. The Morgan fingerprint density at radius 2 is 1.67 bits per heavy atom. The molecule has 30 heavy (non-hydrogen) atoms. The summed E-state index contributed by atoms with van der Waals surface area (Å²) in [6.07, 6.45) is 0.215. The Morgan fingerprint density at radius 3 is 2.37 bits per heavy atom. The summed E-state index contributed by atoms with van der Waals surface area (Å²) in [4.78, 5) is 25.2. The number of amides is 1. The molecule has 1 fully saturated rings. The molecule has 2 aromatic rings. The van der Waals surface area contributed by atoms with Crippen LogP contribution in [0.1, 0.15) is 11.1 Å². The summed E-state index contributed by atoms with van der Waals surface area (Å²) >= 11 is 0. The minimum atomic E-state index is -4.30. The summed E-state index contributed by atoms with van der Waals surface area (Å²) in [6, 6.07) is 11.6. The van der Waals surface area contributed by atoms with Crippen molar-refractivity contribution in [3.05, 3.63) is 69.8 Å². The van der Waals surface area contributed by atoms with Crippen LogP contribution in [0.3, 0.4) is 0 Å². The molecule has 1 amide bonds. The summed E-state index contributed by atoms with van der Waals surface area (Å²) in [6.45, 7) is 1.54. The number of nitrogens with zero attached hydrogens (tertiary/aromatic N) is 3. The largest absolute Gasteiger partial charge is 0.378 e. The lowest BCUT2D eigenvalue weighted by atomic mass is 9.95. The predicted molar refractivity (Wildman–Crippen MR) is 107 cm³/mol. The molecule has 2 aromatic carbocycles. The first-order chi connectivity index (χ1) is 14.4. The molecule has 0 aliphatic carbocycles. The van der Waals surface area contributed by atoms with Crippen LogP contribution in [-0.2, 0) is 32.5 Å². The second-order valence-electron chi connectivity index (χ2n) is 7.20. The van der Waals surface area contributed by atoms with Crippen molar-refractivity contribution in [3.63, 3.8) is 0 Å². The van der Waals surface area contributed by atoms with Gasteiger partial charge in [0, 0.05) is 25.7 Å². The van der Waals surface area contributed by atoms with E-state index in [1.54, 1.807) is 11.0 Å². The molecule has 1 saturated heterocycles. The summed E-state index contributed by atoms with van der Waals surface area (Å²) in [7, 11) is -4.30. The van der Waals surface area contributed by atoms with Gasteiger partial charge in [0.1, 0.15) is 6.04 Å². The molecular formula is C20H21N3O6S. The predicted octanol–water partition coefficient (Wildman–Crippen LogP) is 1.57. The molecule has 2 aliphatic rings. The van der Waals surface area contributed by atoms with Crippen molar-refractivity contribution in [1.29, 1.82) is 0 Å². The van der Waals surface area contributed by atoms with Gasteiger partial charge >= 0.3 is 0 Å². The molecule has 158 valence electrons. The zero-order chi connectivity index (χ0) is 21.3. The molecule has 0 saturated carbocycles. The van der Waals surface area contributed by atoms with Crippen LogP contribution in [0.15, 0.2) is 53.4 Å². The Bertz CT molecular complexity index is 1080. The summed E-state index contributed by atoms with van der Waals surface area (Å²) in [5.41, 5.74) is 1.18. The van der Waals surface area contributed by atoms with Crippen molar-refractivity contribution in [2.45, 2.75) is 23.9 Å². The number of carbonyl (C=O) groups is 1. The van der Waals surface area contributed by atoms with Gasteiger partial charge in [-0.25, -0.2) is 8.42 Å². The van der Waals surface area contributed by atoms with E-state index in [0.29, 0.717) is 26.3 Å². The van der Waals surface area contributed by atoms with E-state index in [4.69, 9.17) is 4.74 Å². The molecule has 0 N–H and O–H groups in total. The van der Waals surface area contributed by atoms with Gasteiger partial charge in [-0.15, -0.1) is 0 Å². The molecule has 1 atom stereocenters. The third-order valence-corrected chi connectivity index (χ3v) is 7.36. The molecule has 0 bridgehead atoms. The normalized spacial score (nSPS) is 19.9. The first-order valence-corrected chi connectivity index (χ1v) is 11.0. The highest BCUT2D eigenvalue weighted by Crippen LogP contribution is 2.33. The SMILES string of the molecule is O=C([C@@H]1Cc2ccccc2CN1S(=O)(=O)c1ccccc1[N+](=O)[O-])N1CCOCC1. The van der Waals surface area contributed by atoms with E-state index < -0.39 is 31.6 Å². The van der Waals surface area contributed by atoms with Crippen molar-refractivity contribution >= 4 is 21.6 Å². The van der Waals surface area contributed by atoms with E-state index in [0.717, 1.165) is 21.5 Å². The van der Waals surface area contributed by atoms with E-state index in [9.17, 15) is 23.3 Å². The number of para-hydroxylation sites is 1. The molecule has 2 heterocycles. The molecular weight excluding hydrogens is 410 g/mol. The second-order valence-corrected chi connectivity index (χ2v) is 9.06. The van der Waals surface area contributed by atoms with E-state index in [2.05, 4.69) is 0 Å². The molecule has 0 aromatic heterocycles. The van der Waals surface area contributed by atoms with Gasteiger partial charge in [-0.05, 0) is 23.6 Å². The number of fused-ring (bicyclic) bond motifs is 1. The Balaban J connectivity index is 1.78. The number of rotatable bonds is 4. The van der Waals surface area contributed by atoms with E-state index >= 15 is 0 Å².